The van der Waals surface area contributed by atoms with E-state index in [1.807, 2.05) is 23.1 Å². The second-order valence-electron chi connectivity index (χ2n) is 6.21. The molecule has 6 heteroatoms. The Morgan fingerprint density at radius 3 is 2.92 bits per heavy atom. The number of likely N-dealkylation sites (tertiary alicyclic amines) is 1. The molecule has 3 rings (SSSR count). The first-order valence-corrected chi connectivity index (χ1v) is 8.52. The Hall–Kier alpha value is -2.21. The van der Waals surface area contributed by atoms with E-state index in [9.17, 15) is 4.79 Å². The third kappa shape index (κ3) is 4.00. The zero-order valence-electron chi connectivity index (χ0n) is 14.1. The van der Waals surface area contributed by atoms with Crippen LogP contribution >= 0.6 is 0 Å². The molecule has 0 unspecified atom stereocenters. The van der Waals surface area contributed by atoms with E-state index in [0.29, 0.717) is 18.8 Å². The van der Waals surface area contributed by atoms with Crippen molar-refractivity contribution in [2.75, 3.05) is 20.3 Å². The SMILES string of the molecule is COC[C@H]1CCCCN1C(=O)c1cn(CCc2ccccc2)nn1. The number of carbonyl (C=O) groups excluding carboxylic acids is 1. The molecule has 0 bridgehead atoms. The van der Waals surface area contributed by atoms with Gasteiger partial charge in [0.25, 0.3) is 5.91 Å². The smallest absolute Gasteiger partial charge is 0.276 e. The number of piperidine rings is 1. The highest BCUT2D eigenvalue weighted by atomic mass is 16.5. The number of rotatable bonds is 6. The molecule has 1 aromatic heterocycles. The van der Waals surface area contributed by atoms with Crippen LogP contribution in [0.2, 0.25) is 0 Å². The summed E-state index contributed by atoms with van der Waals surface area (Å²) in [6.45, 7) is 2.06. The molecule has 1 aliphatic heterocycles. The van der Waals surface area contributed by atoms with Gasteiger partial charge in [-0.3, -0.25) is 9.48 Å². The van der Waals surface area contributed by atoms with Gasteiger partial charge in [0.15, 0.2) is 5.69 Å². The summed E-state index contributed by atoms with van der Waals surface area (Å²) in [5, 5.41) is 8.19. The van der Waals surface area contributed by atoms with Gasteiger partial charge in [-0.15, -0.1) is 5.10 Å². The van der Waals surface area contributed by atoms with Crippen molar-refractivity contribution in [3.8, 4) is 0 Å². The lowest BCUT2D eigenvalue weighted by Gasteiger charge is -2.34. The van der Waals surface area contributed by atoms with E-state index in [0.717, 1.165) is 32.2 Å². The molecule has 1 saturated heterocycles. The average molecular weight is 328 g/mol. The number of methoxy groups -OCH3 is 1. The van der Waals surface area contributed by atoms with Crippen LogP contribution in [-0.4, -0.2) is 52.1 Å². The molecule has 0 aliphatic carbocycles. The predicted octanol–water partition coefficient (Wildman–Crippen LogP) is 2.16. The molecule has 2 aromatic rings. The van der Waals surface area contributed by atoms with E-state index >= 15 is 0 Å². The van der Waals surface area contributed by atoms with Gasteiger partial charge in [-0.05, 0) is 31.2 Å². The fraction of sp³-hybridized carbons (Fsp3) is 0.500. The van der Waals surface area contributed by atoms with Crippen molar-refractivity contribution in [3.63, 3.8) is 0 Å². The fourth-order valence-corrected chi connectivity index (χ4v) is 3.17. The van der Waals surface area contributed by atoms with Gasteiger partial charge >= 0.3 is 0 Å². The van der Waals surface area contributed by atoms with Crippen LogP contribution in [0, 0.1) is 0 Å². The average Bonchev–Trinajstić information content (AvgIpc) is 3.10. The quantitative estimate of drug-likeness (QED) is 0.815. The van der Waals surface area contributed by atoms with E-state index in [2.05, 4.69) is 22.4 Å². The van der Waals surface area contributed by atoms with Crippen molar-refractivity contribution in [1.29, 1.82) is 0 Å². The third-order valence-electron chi connectivity index (χ3n) is 4.48. The molecule has 1 atom stereocenters. The molecule has 6 nitrogen and oxygen atoms in total. The standard InChI is InChI=1S/C18H24N4O2/c1-24-14-16-9-5-6-11-22(16)18(23)17-13-21(20-19-17)12-10-15-7-3-2-4-8-15/h2-4,7-8,13,16H,5-6,9-12,14H2,1H3/t16-/m1/s1. The maximum Gasteiger partial charge on any atom is 0.276 e. The van der Waals surface area contributed by atoms with Crippen molar-refractivity contribution in [2.45, 2.75) is 38.3 Å². The van der Waals surface area contributed by atoms with Crippen molar-refractivity contribution in [1.82, 2.24) is 19.9 Å². The molecule has 0 saturated carbocycles. The Labute approximate surface area is 142 Å². The summed E-state index contributed by atoms with van der Waals surface area (Å²) >= 11 is 0. The first-order valence-electron chi connectivity index (χ1n) is 8.52. The summed E-state index contributed by atoms with van der Waals surface area (Å²) in [6.07, 6.45) is 5.79. The second-order valence-corrected chi connectivity index (χ2v) is 6.21. The Morgan fingerprint density at radius 1 is 1.29 bits per heavy atom. The first kappa shape index (κ1) is 16.6. The minimum absolute atomic E-state index is 0.0392. The Kier molecular flexibility index (Phi) is 5.59. The number of benzene rings is 1. The summed E-state index contributed by atoms with van der Waals surface area (Å²) in [6, 6.07) is 10.4. The molecule has 0 spiro atoms. The minimum Gasteiger partial charge on any atom is -0.383 e. The lowest BCUT2D eigenvalue weighted by Crippen LogP contribution is -2.46. The lowest BCUT2D eigenvalue weighted by atomic mass is 10.0. The summed E-state index contributed by atoms with van der Waals surface area (Å²) < 4.78 is 7.00. The highest BCUT2D eigenvalue weighted by molar-refractivity contribution is 5.92. The largest absolute Gasteiger partial charge is 0.383 e. The molecule has 2 heterocycles. The summed E-state index contributed by atoms with van der Waals surface area (Å²) in [5.74, 6) is -0.0392. The van der Waals surface area contributed by atoms with Crippen LogP contribution in [0.4, 0.5) is 0 Å². The predicted molar refractivity (Wildman–Crippen MR) is 90.7 cm³/mol. The van der Waals surface area contributed by atoms with Crippen LogP contribution in [0.5, 0.6) is 0 Å². The van der Waals surface area contributed by atoms with Crippen LogP contribution in [-0.2, 0) is 17.7 Å². The van der Waals surface area contributed by atoms with Crippen LogP contribution in [0.25, 0.3) is 0 Å². The molecule has 1 fully saturated rings. The number of aryl methyl sites for hydroxylation is 2. The van der Waals surface area contributed by atoms with Crippen LogP contribution < -0.4 is 0 Å². The van der Waals surface area contributed by atoms with E-state index in [4.69, 9.17) is 4.74 Å². The number of hydrogen-bond donors (Lipinski definition) is 0. The molecule has 1 aromatic carbocycles. The van der Waals surface area contributed by atoms with Crippen LogP contribution in [0.15, 0.2) is 36.5 Å². The maximum atomic E-state index is 12.7. The first-order chi connectivity index (χ1) is 11.8. The van der Waals surface area contributed by atoms with Crippen molar-refractivity contribution < 1.29 is 9.53 Å². The van der Waals surface area contributed by atoms with E-state index in [-0.39, 0.29) is 11.9 Å². The van der Waals surface area contributed by atoms with Gasteiger partial charge in [0, 0.05) is 20.2 Å². The molecule has 0 radical (unpaired) electrons. The van der Waals surface area contributed by atoms with Gasteiger partial charge in [-0.2, -0.15) is 0 Å². The molecule has 24 heavy (non-hydrogen) atoms. The summed E-state index contributed by atoms with van der Waals surface area (Å²) in [5.41, 5.74) is 1.67. The Bertz CT molecular complexity index is 654. The number of nitrogens with zero attached hydrogens (tertiary/aromatic N) is 4. The monoisotopic (exact) mass is 328 g/mol. The number of hydrogen-bond acceptors (Lipinski definition) is 4. The van der Waals surface area contributed by atoms with E-state index in [1.54, 1.807) is 18.0 Å². The van der Waals surface area contributed by atoms with Gasteiger partial charge in [0.1, 0.15) is 0 Å². The zero-order chi connectivity index (χ0) is 16.8. The molecular formula is C18H24N4O2. The topological polar surface area (TPSA) is 60.2 Å². The van der Waals surface area contributed by atoms with E-state index in [1.165, 1.54) is 5.56 Å². The van der Waals surface area contributed by atoms with Crippen molar-refractivity contribution in [3.05, 3.63) is 47.8 Å². The van der Waals surface area contributed by atoms with E-state index < -0.39 is 0 Å². The number of amides is 1. The molecule has 1 amide bonds. The minimum atomic E-state index is -0.0392. The molecule has 1 aliphatic rings. The van der Waals surface area contributed by atoms with Crippen molar-refractivity contribution in [2.24, 2.45) is 0 Å². The highest BCUT2D eigenvalue weighted by Gasteiger charge is 2.28. The Balaban J connectivity index is 1.62. The molecule has 128 valence electrons. The fourth-order valence-electron chi connectivity index (χ4n) is 3.17. The zero-order valence-corrected chi connectivity index (χ0v) is 14.1. The van der Waals surface area contributed by atoms with Gasteiger partial charge in [-0.25, -0.2) is 0 Å². The summed E-state index contributed by atoms with van der Waals surface area (Å²) in [7, 11) is 1.68. The Morgan fingerprint density at radius 2 is 2.12 bits per heavy atom. The van der Waals surface area contributed by atoms with Gasteiger partial charge in [-0.1, -0.05) is 35.5 Å². The van der Waals surface area contributed by atoms with Gasteiger partial charge in [0.2, 0.25) is 0 Å². The number of ether oxygens (including phenoxy) is 1. The van der Waals surface area contributed by atoms with Crippen LogP contribution in [0.3, 0.4) is 0 Å². The van der Waals surface area contributed by atoms with Crippen molar-refractivity contribution >= 4 is 5.91 Å². The van der Waals surface area contributed by atoms with Crippen LogP contribution in [0.1, 0.15) is 35.3 Å². The molecule has 0 N–H and O–H groups in total. The normalized spacial score (nSPS) is 17.9. The number of aromatic nitrogens is 3. The number of carbonyl (C=O) groups is 1. The second kappa shape index (κ2) is 8.06. The lowest BCUT2D eigenvalue weighted by molar-refractivity contribution is 0.0423. The maximum absolute atomic E-state index is 12.7. The summed E-state index contributed by atoms with van der Waals surface area (Å²) in [4.78, 5) is 14.6. The third-order valence-corrected chi connectivity index (χ3v) is 4.48. The highest BCUT2D eigenvalue weighted by Crippen LogP contribution is 2.19. The molecular weight excluding hydrogens is 304 g/mol. The van der Waals surface area contributed by atoms with Gasteiger partial charge in [0.05, 0.1) is 18.8 Å². The van der Waals surface area contributed by atoms with Gasteiger partial charge < -0.3 is 9.64 Å².